The molecule has 0 spiro atoms. The number of allylic oxidation sites excluding steroid dienone is 4. The van der Waals surface area contributed by atoms with Gasteiger partial charge in [0.2, 0.25) is 0 Å². The fourth-order valence-electron chi connectivity index (χ4n) is 10.8. The SMILES string of the molecule is CCCCCC/C=C\C=C/CCCCCCCC(=O)O[C@H](COC(=O)CCCCCCCCCCCCCC(C)C)COP(=O)(O)OC[C@@H](O)COP(=O)(O)OC[C@@H](COC(=O)CCCCCCCCCCCCCC)OC(=O)CCCCCCCCCCCC(C)C. The van der Waals surface area contributed by atoms with Crippen LogP contribution in [0.15, 0.2) is 24.3 Å². The molecule has 548 valence electrons. The van der Waals surface area contributed by atoms with E-state index in [4.69, 9.17) is 37.0 Å². The van der Waals surface area contributed by atoms with Crippen molar-refractivity contribution in [2.45, 2.75) is 374 Å². The van der Waals surface area contributed by atoms with Crippen molar-refractivity contribution in [3.8, 4) is 0 Å². The average molecular weight is 1360 g/mol. The molecule has 2 unspecified atom stereocenters. The lowest BCUT2D eigenvalue weighted by molar-refractivity contribution is -0.161. The van der Waals surface area contributed by atoms with Gasteiger partial charge in [-0.05, 0) is 63.2 Å². The Hall–Kier alpha value is -2.46. The summed E-state index contributed by atoms with van der Waals surface area (Å²) >= 11 is 0. The van der Waals surface area contributed by atoms with Crippen molar-refractivity contribution in [3.05, 3.63) is 24.3 Å². The third-order valence-corrected chi connectivity index (χ3v) is 18.5. The van der Waals surface area contributed by atoms with Crippen LogP contribution in [0.4, 0.5) is 0 Å². The first-order chi connectivity index (χ1) is 44.9. The van der Waals surface area contributed by atoms with Gasteiger partial charge in [-0.1, -0.05) is 303 Å². The van der Waals surface area contributed by atoms with Crippen LogP contribution < -0.4 is 0 Å². The van der Waals surface area contributed by atoms with E-state index in [1.165, 1.54) is 161 Å². The van der Waals surface area contributed by atoms with Crippen molar-refractivity contribution < 1.29 is 80.2 Å². The predicted molar refractivity (Wildman–Crippen MR) is 377 cm³/mol. The number of ether oxygens (including phenoxy) is 4. The molecule has 0 radical (unpaired) electrons. The molecule has 0 fully saturated rings. The Labute approximate surface area is 567 Å². The van der Waals surface area contributed by atoms with Gasteiger partial charge in [-0.25, -0.2) is 9.13 Å². The Balaban J connectivity index is 5.30. The summed E-state index contributed by atoms with van der Waals surface area (Å²) in [5, 5.41) is 10.6. The van der Waals surface area contributed by atoms with E-state index in [2.05, 4.69) is 65.8 Å². The van der Waals surface area contributed by atoms with Crippen LogP contribution in [0, 0.1) is 11.8 Å². The number of phosphoric acid groups is 2. The highest BCUT2D eigenvalue weighted by atomic mass is 31.2. The Morgan fingerprint density at radius 2 is 0.581 bits per heavy atom. The predicted octanol–water partition coefficient (Wildman–Crippen LogP) is 21.1. The van der Waals surface area contributed by atoms with Crippen molar-refractivity contribution in [2.24, 2.45) is 11.8 Å². The zero-order valence-electron chi connectivity index (χ0n) is 60.0. The van der Waals surface area contributed by atoms with Gasteiger partial charge in [0, 0.05) is 25.7 Å². The fourth-order valence-corrected chi connectivity index (χ4v) is 12.3. The van der Waals surface area contributed by atoms with Gasteiger partial charge in [0.1, 0.15) is 19.3 Å². The molecule has 3 N–H and O–H groups in total. The largest absolute Gasteiger partial charge is 0.472 e. The van der Waals surface area contributed by atoms with E-state index in [0.717, 1.165) is 115 Å². The van der Waals surface area contributed by atoms with Crippen LogP contribution in [0.2, 0.25) is 0 Å². The quantitative estimate of drug-likeness (QED) is 0.0169. The molecular formula is C74H140O17P2. The molecule has 19 heteroatoms. The Kier molecular flexibility index (Phi) is 63.7. The zero-order chi connectivity index (χ0) is 68.6. The summed E-state index contributed by atoms with van der Waals surface area (Å²) in [7, 11) is -9.92. The van der Waals surface area contributed by atoms with E-state index in [9.17, 15) is 43.2 Å². The van der Waals surface area contributed by atoms with E-state index in [1.807, 2.05) is 0 Å². The molecule has 0 bridgehead atoms. The Bertz CT molecular complexity index is 1900. The maximum Gasteiger partial charge on any atom is 0.472 e. The monoisotopic (exact) mass is 1360 g/mol. The molecule has 0 saturated heterocycles. The van der Waals surface area contributed by atoms with Gasteiger partial charge < -0.3 is 33.8 Å². The van der Waals surface area contributed by atoms with Gasteiger partial charge in [0.15, 0.2) is 12.2 Å². The number of phosphoric ester groups is 2. The summed E-state index contributed by atoms with van der Waals surface area (Å²) in [6.07, 6.45) is 54.8. The smallest absolute Gasteiger partial charge is 0.462 e. The summed E-state index contributed by atoms with van der Waals surface area (Å²) in [4.78, 5) is 72.7. The molecule has 0 aliphatic rings. The van der Waals surface area contributed by atoms with Crippen molar-refractivity contribution in [1.82, 2.24) is 0 Å². The number of hydrogen-bond donors (Lipinski definition) is 3. The second-order valence-corrected chi connectivity index (χ2v) is 29.9. The molecule has 0 amide bonds. The van der Waals surface area contributed by atoms with Crippen LogP contribution in [0.25, 0.3) is 0 Å². The Morgan fingerprint density at radius 1 is 0.333 bits per heavy atom. The highest BCUT2D eigenvalue weighted by Gasteiger charge is 2.30. The van der Waals surface area contributed by atoms with Crippen molar-refractivity contribution in [2.75, 3.05) is 39.6 Å². The normalized spacial score (nSPS) is 14.2. The average Bonchev–Trinajstić information content (AvgIpc) is 2.20. The molecule has 0 aliphatic heterocycles. The number of carbonyl (C=O) groups excluding carboxylic acids is 4. The number of hydrogen-bond acceptors (Lipinski definition) is 15. The number of aliphatic hydroxyl groups excluding tert-OH is 1. The molecular weight excluding hydrogens is 1220 g/mol. The van der Waals surface area contributed by atoms with Gasteiger partial charge in [-0.15, -0.1) is 0 Å². The van der Waals surface area contributed by atoms with Crippen molar-refractivity contribution in [3.63, 3.8) is 0 Å². The van der Waals surface area contributed by atoms with E-state index < -0.39 is 97.5 Å². The second kappa shape index (κ2) is 65.5. The topological polar surface area (TPSA) is 237 Å². The van der Waals surface area contributed by atoms with Gasteiger partial charge in [-0.3, -0.25) is 37.3 Å². The minimum atomic E-state index is -4.96. The Morgan fingerprint density at radius 3 is 0.882 bits per heavy atom. The maximum atomic E-state index is 13.1. The molecule has 0 rings (SSSR count). The number of rotatable bonds is 71. The molecule has 0 aliphatic carbocycles. The van der Waals surface area contributed by atoms with Crippen LogP contribution in [0.1, 0.15) is 356 Å². The van der Waals surface area contributed by atoms with E-state index in [0.29, 0.717) is 25.7 Å². The first-order valence-corrected chi connectivity index (χ1v) is 40.8. The van der Waals surface area contributed by atoms with Gasteiger partial charge in [0.25, 0.3) is 0 Å². The van der Waals surface area contributed by atoms with Crippen LogP contribution in [-0.4, -0.2) is 96.7 Å². The van der Waals surface area contributed by atoms with Crippen LogP contribution in [-0.2, 0) is 65.4 Å². The first kappa shape index (κ1) is 90.5. The van der Waals surface area contributed by atoms with E-state index in [1.54, 1.807) is 0 Å². The molecule has 0 aromatic heterocycles. The molecule has 0 saturated carbocycles. The molecule has 93 heavy (non-hydrogen) atoms. The van der Waals surface area contributed by atoms with Crippen LogP contribution in [0.3, 0.4) is 0 Å². The third-order valence-electron chi connectivity index (χ3n) is 16.6. The summed E-state index contributed by atoms with van der Waals surface area (Å²) in [6.45, 7) is 9.49. The molecule has 17 nitrogen and oxygen atoms in total. The number of carbonyl (C=O) groups is 4. The lowest BCUT2D eigenvalue weighted by Crippen LogP contribution is -2.30. The number of esters is 4. The zero-order valence-corrected chi connectivity index (χ0v) is 61.8. The van der Waals surface area contributed by atoms with E-state index >= 15 is 0 Å². The van der Waals surface area contributed by atoms with Gasteiger partial charge >= 0.3 is 39.5 Å². The van der Waals surface area contributed by atoms with Crippen molar-refractivity contribution in [1.29, 1.82) is 0 Å². The first-order valence-electron chi connectivity index (χ1n) is 37.8. The summed E-state index contributed by atoms with van der Waals surface area (Å²) < 4.78 is 68.4. The third kappa shape index (κ3) is 67.9. The molecule has 5 atom stereocenters. The molecule has 0 aromatic carbocycles. The number of aliphatic hydroxyl groups is 1. The highest BCUT2D eigenvalue weighted by molar-refractivity contribution is 7.47. The molecule has 0 aromatic rings. The highest BCUT2D eigenvalue weighted by Crippen LogP contribution is 2.45. The molecule has 0 heterocycles. The maximum absolute atomic E-state index is 13.1. The van der Waals surface area contributed by atoms with Crippen molar-refractivity contribution >= 4 is 39.5 Å². The minimum absolute atomic E-state index is 0.0849. The van der Waals surface area contributed by atoms with Crippen LogP contribution >= 0.6 is 15.6 Å². The fraction of sp³-hybridized carbons (Fsp3) is 0.892. The van der Waals surface area contributed by atoms with Gasteiger partial charge in [0.05, 0.1) is 26.4 Å². The standard InChI is InChI=1S/C74H140O17P2/c1-7-9-11-13-15-17-19-21-22-23-27-34-40-46-52-58-73(78)90-69(62-85-72(77)57-51-45-39-33-28-24-25-30-36-42-48-54-66(3)4)64-88-92(80,81)86-60-68(75)61-87-93(82,83)89-65-70(91-74(79)59-53-47-41-35-29-31-37-43-49-55-67(5)6)63-84-71(76)56-50-44-38-32-26-20-18-16-14-12-10-8-2/h17,19,21-22,66-70,75H,7-16,18,20,23-65H2,1-6H3,(H,80,81)(H,82,83)/b19-17-,22-21-/t68-,69-,70-/m1/s1. The summed E-state index contributed by atoms with van der Waals surface area (Å²) in [5.41, 5.74) is 0. The lowest BCUT2D eigenvalue weighted by Gasteiger charge is -2.21. The van der Waals surface area contributed by atoms with E-state index in [-0.39, 0.29) is 25.7 Å². The van der Waals surface area contributed by atoms with Gasteiger partial charge in [-0.2, -0.15) is 0 Å². The lowest BCUT2D eigenvalue weighted by atomic mass is 10.0. The van der Waals surface area contributed by atoms with Crippen LogP contribution in [0.5, 0.6) is 0 Å². The summed E-state index contributed by atoms with van der Waals surface area (Å²) in [6, 6.07) is 0. The number of unbranched alkanes of at least 4 members (excludes halogenated alkanes) is 38. The minimum Gasteiger partial charge on any atom is -0.462 e. The summed E-state index contributed by atoms with van der Waals surface area (Å²) in [5.74, 6) is -0.645. The second-order valence-electron chi connectivity index (χ2n) is 27.0.